The molecule has 0 aliphatic carbocycles. The van der Waals surface area contributed by atoms with Crippen molar-refractivity contribution in [2.45, 2.75) is 0 Å². The second kappa shape index (κ2) is 3.43. The van der Waals surface area contributed by atoms with Crippen molar-refractivity contribution in [3.05, 3.63) is 40.7 Å². The van der Waals surface area contributed by atoms with Gasteiger partial charge in [-0.1, -0.05) is 0 Å². The van der Waals surface area contributed by atoms with Crippen LogP contribution in [0, 0.1) is 0 Å². The van der Waals surface area contributed by atoms with Crippen LogP contribution in [0.4, 0.5) is 0 Å². The molecule has 0 bridgehead atoms. The maximum atomic E-state index is 4.53. The van der Waals surface area contributed by atoms with E-state index in [1.165, 1.54) is 0 Å². The van der Waals surface area contributed by atoms with Gasteiger partial charge in [0.2, 0.25) is 0 Å². The van der Waals surface area contributed by atoms with Crippen molar-refractivity contribution in [1.82, 2.24) is 14.4 Å². The number of pyridine rings is 1. The Balaban J connectivity index is 2.20. The predicted octanol–water partition coefficient (Wildman–Crippen LogP) is 3.22. The molecule has 3 aromatic heterocycles. The Morgan fingerprint density at radius 3 is 2.80 bits per heavy atom. The van der Waals surface area contributed by atoms with Gasteiger partial charge in [-0.3, -0.25) is 9.38 Å². The normalized spacial score (nSPS) is 11.0. The van der Waals surface area contributed by atoms with E-state index in [9.17, 15) is 0 Å². The van der Waals surface area contributed by atoms with Crippen molar-refractivity contribution in [3.63, 3.8) is 0 Å². The summed E-state index contributed by atoms with van der Waals surface area (Å²) in [6, 6.07) is 3.92. The number of hydrogen-bond acceptors (Lipinski definition) is 3. The van der Waals surface area contributed by atoms with E-state index in [-0.39, 0.29) is 0 Å². The Hall–Kier alpha value is -1.20. The average Bonchev–Trinajstić information content (AvgIpc) is 2.83. The topological polar surface area (TPSA) is 30.2 Å². The van der Waals surface area contributed by atoms with Crippen LogP contribution in [0.1, 0.15) is 0 Å². The predicted molar refractivity (Wildman–Crippen MR) is 64.0 cm³/mol. The SMILES string of the molecule is Brc1csc2nc(-c3ccncc3)cn12. The molecule has 15 heavy (non-hydrogen) atoms. The number of imidazole rings is 1. The number of nitrogens with zero attached hydrogens (tertiary/aromatic N) is 3. The minimum Gasteiger partial charge on any atom is -0.284 e. The summed E-state index contributed by atoms with van der Waals surface area (Å²) in [5.74, 6) is 0. The summed E-state index contributed by atoms with van der Waals surface area (Å²) >= 11 is 5.09. The van der Waals surface area contributed by atoms with Gasteiger partial charge in [0, 0.05) is 29.5 Å². The van der Waals surface area contributed by atoms with Gasteiger partial charge in [0.05, 0.1) is 5.69 Å². The quantitative estimate of drug-likeness (QED) is 0.685. The van der Waals surface area contributed by atoms with Gasteiger partial charge in [-0.2, -0.15) is 0 Å². The number of hydrogen-bond donors (Lipinski definition) is 0. The van der Waals surface area contributed by atoms with Gasteiger partial charge in [0.25, 0.3) is 0 Å². The van der Waals surface area contributed by atoms with Crippen molar-refractivity contribution in [1.29, 1.82) is 0 Å². The van der Waals surface area contributed by atoms with E-state index in [1.54, 1.807) is 23.7 Å². The molecule has 0 aliphatic heterocycles. The fourth-order valence-electron chi connectivity index (χ4n) is 1.42. The summed E-state index contributed by atoms with van der Waals surface area (Å²) in [6.07, 6.45) is 5.57. The highest BCUT2D eigenvalue weighted by Crippen LogP contribution is 2.25. The number of halogens is 1. The molecule has 0 N–H and O–H groups in total. The van der Waals surface area contributed by atoms with Crippen molar-refractivity contribution in [2.24, 2.45) is 0 Å². The summed E-state index contributed by atoms with van der Waals surface area (Å²) in [7, 11) is 0. The van der Waals surface area contributed by atoms with Gasteiger partial charge >= 0.3 is 0 Å². The lowest BCUT2D eigenvalue weighted by Crippen LogP contribution is -1.77. The molecular formula is C10H6BrN3S. The largest absolute Gasteiger partial charge is 0.284 e. The zero-order valence-electron chi connectivity index (χ0n) is 7.59. The number of thiazole rings is 1. The fraction of sp³-hybridized carbons (Fsp3) is 0. The molecule has 0 aliphatic rings. The average molecular weight is 280 g/mol. The second-order valence-corrected chi connectivity index (χ2v) is 4.72. The number of aromatic nitrogens is 3. The minimum absolute atomic E-state index is 0.977. The van der Waals surface area contributed by atoms with Crippen molar-refractivity contribution >= 4 is 32.2 Å². The van der Waals surface area contributed by atoms with Crippen LogP contribution in [0.5, 0.6) is 0 Å². The van der Waals surface area contributed by atoms with Crippen LogP contribution >= 0.6 is 27.3 Å². The highest BCUT2D eigenvalue weighted by Gasteiger charge is 2.07. The van der Waals surface area contributed by atoms with Crippen molar-refractivity contribution in [2.75, 3.05) is 0 Å². The van der Waals surface area contributed by atoms with E-state index in [1.807, 2.05) is 28.1 Å². The van der Waals surface area contributed by atoms with Crippen LogP contribution in [-0.4, -0.2) is 14.4 Å². The van der Waals surface area contributed by atoms with Gasteiger partial charge in [-0.25, -0.2) is 4.98 Å². The molecule has 0 radical (unpaired) electrons. The third-order valence-electron chi connectivity index (χ3n) is 2.14. The summed E-state index contributed by atoms with van der Waals surface area (Å²) in [6.45, 7) is 0. The lowest BCUT2D eigenvalue weighted by molar-refractivity contribution is 1.19. The zero-order chi connectivity index (χ0) is 10.3. The molecule has 0 spiro atoms. The molecule has 3 nitrogen and oxygen atoms in total. The fourth-order valence-corrected chi connectivity index (χ4v) is 2.82. The zero-order valence-corrected chi connectivity index (χ0v) is 9.99. The Bertz CT molecular complexity index is 599. The maximum absolute atomic E-state index is 4.53. The molecule has 0 fully saturated rings. The Labute approximate surface area is 98.6 Å². The molecule has 0 atom stereocenters. The van der Waals surface area contributed by atoms with E-state index in [2.05, 4.69) is 25.9 Å². The molecule has 5 heteroatoms. The molecule has 74 valence electrons. The van der Waals surface area contributed by atoms with Gasteiger partial charge in [-0.15, -0.1) is 11.3 Å². The molecule has 3 heterocycles. The summed E-state index contributed by atoms with van der Waals surface area (Å²) in [4.78, 5) is 9.51. The first-order valence-corrected chi connectivity index (χ1v) is 6.04. The standard InChI is InChI=1S/C10H6BrN3S/c11-9-6-15-10-13-8(5-14(9)10)7-1-3-12-4-2-7/h1-6H. The molecule has 3 rings (SSSR count). The van der Waals surface area contributed by atoms with E-state index in [0.29, 0.717) is 0 Å². The highest BCUT2D eigenvalue weighted by atomic mass is 79.9. The van der Waals surface area contributed by atoms with Crippen molar-refractivity contribution < 1.29 is 0 Å². The van der Waals surface area contributed by atoms with Crippen molar-refractivity contribution in [3.8, 4) is 11.3 Å². The van der Waals surface area contributed by atoms with Gasteiger partial charge < -0.3 is 0 Å². The van der Waals surface area contributed by atoms with Gasteiger partial charge in [0.15, 0.2) is 4.96 Å². The molecule has 0 amide bonds. The minimum atomic E-state index is 0.977. The third-order valence-corrected chi connectivity index (χ3v) is 3.90. The Morgan fingerprint density at radius 1 is 1.27 bits per heavy atom. The first kappa shape index (κ1) is 9.06. The van der Waals surface area contributed by atoms with Crippen LogP contribution in [0.2, 0.25) is 0 Å². The van der Waals surface area contributed by atoms with Crippen LogP contribution in [0.3, 0.4) is 0 Å². The monoisotopic (exact) mass is 279 g/mol. The van der Waals surface area contributed by atoms with Crippen LogP contribution in [0.15, 0.2) is 40.7 Å². The molecule has 0 aromatic carbocycles. The first-order valence-electron chi connectivity index (χ1n) is 4.37. The van der Waals surface area contributed by atoms with E-state index in [4.69, 9.17) is 0 Å². The number of fused-ring (bicyclic) bond motifs is 1. The van der Waals surface area contributed by atoms with E-state index < -0.39 is 0 Å². The first-order chi connectivity index (χ1) is 7.34. The molecule has 0 saturated carbocycles. The lowest BCUT2D eigenvalue weighted by atomic mass is 10.2. The van der Waals surface area contributed by atoms with Gasteiger partial charge in [0.1, 0.15) is 4.60 Å². The Morgan fingerprint density at radius 2 is 2.07 bits per heavy atom. The van der Waals surface area contributed by atoms with Crippen LogP contribution < -0.4 is 0 Å². The van der Waals surface area contributed by atoms with Gasteiger partial charge in [-0.05, 0) is 28.1 Å². The second-order valence-electron chi connectivity index (χ2n) is 3.07. The van der Waals surface area contributed by atoms with Crippen LogP contribution in [0.25, 0.3) is 16.2 Å². The highest BCUT2D eigenvalue weighted by molar-refractivity contribution is 9.10. The molecule has 3 aromatic rings. The lowest BCUT2D eigenvalue weighted by Gasteiger charge is -1.92. The summed E-state index contributed by atoms with van der Waals surface area (Å²) in [5, 5.41) is 2.03. The van der Waals surface area contributed by atoms with Crippen LogP contribution in [-0.2, 0) is 0 Å². The summed E-state index contributed by atoms with van der Waals surface area (Å²) in [5.41, 5.74) is 2.07. The molecule has 0 saturated heterocycles. The Kier molecular flexibility index (Phi) is 2.07. The molecular weight excluding hydrogens is 274 g/mol. The number of rotatable bonds is 1. The third kappa shape index (κ3) is 1.48. The van der Waals surface area contributed by atoms with E-state index >= 15 is 0 Å². The maximum Gasteiger partial charge on any atom is 0.195 e. The smallest absolute Gasteiger partial charge is 0.195 e. The van der Waals surface area contributed by atoms with E-state index in [0.717, 1.165) is 20.8 Å². The summed E-state index contributed by atoms with van der Waals surface area (Å²) < 4.78 is 3.07. The molecule has 0 unspecified atom stereocenters.